The normalized spacial score (nSPS) is 32.2. The third-order valence-corrected chi connectivity index (χ3v) is 3.04. The molecule has 1 heterocycles. The molecule has 1 saturated carbocycles. The van der Waals surface area contributed by atoms with E-state index in [1.807, 2.05) is 20.8 Å². The van der Waals surface area contributed by atoms with Crippen LogP contribution in [0.4, 0.5) is 4.79 Å². The number of piperidine rings is 1. The van der Waals surface area contributed by atoms with Gasteiger partial charge in [-0.25, -0.2) is 4.79 Å². The van der Waals surface area contributed by atoms with Crippen molar-refractivity contribution in [3.63, 3.8) is 0 Å². The zero-order valence-electron chi connectivity index (χ0n) is 9.90. The van der Waals surface area contributed by atoms with E-state index in [9.17, 15) is 9.59 Å². The van der Waals surface area contributed by atoms with Crippen molar-refractivity contribution in [2.24, 2.45) is 11.7 Å². The SMILES string of the molecule is CC(C)(C)OC(=O)N1[C@H](C(N)=O)CC2C[C@@H]21. The molecule has 5 nitrogen and oxygen atoms in total. The molecule has 0 bridgehead atoms. The first kappa shape index (κ1) is 11.2. The van der Waals surface area contributed by atoms with Gasteiger partial charge in [0.25, 0.3) is 0 Å². The summed E-state index contributed by atoms with van der Waals surface area (Å²) >= 11 is 0. The Bertz CT molecular complexity index is 335. The largest absolute Gasteiger partial charge is 0.444 e. The number of nitrogens with two attached hydrogens (primary N) is 1. The molecular formula is C11H18N2O3. The minimum Gasteiger partial charge on any atom is -0.444 e. The van der Waals surface area contributed by atoms with Gasteiger partial charge in [-0.05, 0) is 39.5 Å². The van der Waals surface area contributed by atoms with Gasteiger partial charge in [-0.15, -0.1) is 0 Å². The Morgan fingerprint density at radius 2 is 1.94 bits per heavy atom. The lowest BCUT2D eigenvalue weighted by Gasteiger charge is -2.28. The third-order valence-electron chi connectivity index (χ3n) is 3.04. The molecule has 0 aromatic rings. The highest BCUT2D eigenvalue weighted by atomic mass is 16.6. The molecule has 0 aromatic carbocycles. The van der Waals surface area contributed by atoms with Crippen LogP contribution in [0.1, 0.15) is 33.6 Å². The monoisotopic (exact) mass is 226 g/mol. The molecule has 2 N–H and O–H groups in total. The van der Waals surface area contributed by atoms with Crippen LogP contribution < -0.4 is 5.73 Å². The lowest BCUT2D eigenvalue weighted by molar-refractivity contribution is -0.122. The van der Waals surface area contributed by atoms with Gasteiger partial charge in [0.2, 0.25) is 5.91 Å². The van der Waals surface area contributed by atoms with E-state index in [2.05, 4.69) is 0 Å². The van der Waals surface area contributed by atoms with Crippen molar-refractivity contribution in [3.8, 4) is 0 Å². The van der Waals surface area contributed by atoms with Crippen LogP contribution in [0.3, 0.4) is 0 Å². The average molecular weight is 226 g/mol. The van der Waals surface area contributed by atoms with Crippen LogP contribution in [0.2, 0.25) is 0 Å². The Hall–Kier alpha value is -1.26. The van der Waals surface area contributed by atoms with Gasteiger partial charge in [0.1, 0.15) is 11.6 Å². The highest BCUT2D eigenvalue weighted by Gasteiger charge is 2.56. The highest BCUT2D eigenvalue weighted by molar-refractivity contribution is 5.85. The van der Waals surface area contributed by atoms with Crippen molar-refractivity contribution in [2.45, 2.75) is 51.3 Å². The topological polar surface area (TPSA) is 72.6 Å². The molecule has 1 aliphatic heterocycles. The van der Waals surface area contributed by atoms with Crippen LogP contribution in [0.15, 0.2) is 0 Å². The number of rotatable bonds is 1. The summed E-state index contributed by atoms with van der Waals surface area (Å²) in [5, 5.41) is 0. The first-order valence-electron chi connectivity index (χ1n) is 5.60. The number of carbonyl (C=O) groups is 2. The first-order chi connectivity index (χ1) is 7.29. The van der Waals surface area contributed by atoms with E-state index in [1.54, 1.807) is 0 Å². The molecule has 3 atom stereocenters. The van der Waals surface area contributed by atoms with Gasteiger partial charge in [-0.1, -0.05) is 0 Å². The molecule has 16 heavy (non-hydrogen) atoms. The molecule has 0 spiro atoms. The quantitative estimate of drug-likeness (QED) is 0.721. The van der Waals surface area contributed by atoms with Crippen molar-refractivity contribution < 1.29 is 14.3 Å². The maximum Gasteiger partial charge on any atom is 0.411 e. The average Bonchev–Trinajstić information content (AvgIpc) is 2.73. The zero-order valence-corrected chi connectivity index (χ0v) is 9.90. The Balaban J connectivity index is 2.07. The number of ether oxygens (including phenoxy) is 1. The van der Waals surface area contributed by atoms with Gasteiger partial charge in [-0.2, -0.15) is 0 Å². The van der Waals surface area contributed by atoms with Crippen molar-refractivity contribution in [1.82, 2.24) is 4.90 Å². The number of carbonyl (C=O) groups excluding carboxylic acids is 2. The highest BCUT2D eigenvalue weighted by Crippen LogP contribution is 2.48. The zero-order chi connectivity index (χ0) is 12.1. The molecule has 2 amide bonds. The summed E-state index contributed by atoms with van der Waals surface area (Å²) in [5.74, 6) is 0.0167. The maximum absolute atomic E-state index is 11.9. The molecule has 1 saturated heterocycles. The molecule has 5 heteroatoms. The molecule has 2 rings (SSSR count). The van der Waals surface area contributed by atoms with E-state index in [0.717, 1.165) is 6.42 Å². The Kier molecular flexibility index (Phi) is 2.36. The smallest absolute Gasteiger partial charge is 0.411 e. The second-order valence-electron chi connectivity index (χ2n) is 5.60. The molecule has 90 valence electrons. The summed E-state index contributed by atoms with van der Waals surface area (Å²) in [7, 11) is 0. The van der Waals surface area contributed by atoms with Gasteiger partial charge in [0.15, 0.2) is 0 Å². The van der Waals surface area contributed by atoms with Gasteiger partial charge in [0.05, 0.1) is 0 Å². The fraction of sp³-hybridized carbons (Fsp3) is 0.818. The Morgan fingerprint density at radius 3 is 2.44 bits per heavy atom. The predicted molar refractivity (Wildman–Crippen MR) is 57.6 cm³/mol. The number of nitrogens with zero attached hydrogens (tertiary/aromatic N) is 1. The summed E-state index contributed by atoms with van der Waals surface area (Å²) in [6.07, 6.45) is 1.25. The van der Waals surface area contributed by atoms with E-state index in [1.165, 1.54) is 4.90 Å². The van der Waals surface area contributed by atoms with Crippen molar-refractivity contribution >= 4 is 12.0 Å². The number of hydrogen-bond acceptors (Lipinski definition) is 3. The molecule has 2 fully saturated rings. The lowest BCUT2D eigenvalue weighted by atomic mass is 10.1. The predicted octanol–water partition coefficient (Wildman–Crippen LogP) is 0.870. The molecule has 1 unspecified atom stereocenters. The number of amides is 2. The second-order valence-corrected chi connectivity index (χ2v) is 5.60. The summed E-state index contributed by atoms with van der Waals surface area (Å²) < 4.78 is 5.28. The fourth-order valence-electron chi connectivity index (χ4n) is 2.29. The third kappa shape index (κ3) is 1.99. The van der Waals surface area contributed by atoms with E-state index < -0.39 is 23.6 Å². The fourth-order valence-corrected chi connectivity index (χ4v) is 2.29. The van der Waals surface area contributed by atoms with E-state index in [4.69, 9.17) is 10.5 Å². The standard InChI is InChI=1S/C11H18N2O3/c1-11(2,3)16-10(15)13-7-4-6(7)5-8(13)9(12)14/h6-8H,4-5H2,1-3H3,(H2,12,14)/t6?,7-,8-/m0/s1. The van der Waals surface area contributed by atoms with Gasteiger partial charge >= 0.3 is 6.09 Å². The summed E-state index contributed by atoms with van der Waals surface area (Å²) in [5.41, 5.74) is 4.75. The second kappa shape index (κ2) is 3.37. The van der Waals surface area contributed by atoms with Crippen LogP contribution in [-0.4, -0.2) is 34.6 Å². The molecule has 1 aliphatic carbocycles. The minimum atomic E-state index is -0.535. The van der Waals surface area contributed by atoms with Gasteiger partial charge in [0, 0.05) is 6.04 Å². The molecular weight excluding hydrogens is 208 g/mol. The van der Waals surface area contributed by atoms with Crippen LogP contribution in [-0.2, 0) is 9.53 Å². The molecule has 0 radical (unpaired) electrons. The van der Waals surface area contributed by atoms with Crippen molar-refractivity contribution in [1.29, 1.82) is 0 Å². The first-order valence-corrected chi connectivity index (χ1v) is 5.60. The van der Waals surface area contributed by atoms with Crippen LogP contribution in [0.25, 0.3) is 0 Å². The van der Waals surface area contributed by atoms with Crippen LogP contribution >= 0.6 is 0 Å². The lowest BCUT2D eigenvalue weighted by Crippen LogP contribution is -2.47. The van der Waals surface area contributed by atoms with Crippen molar-refractivity contribution in [2.75, 3.05) is 0 Å². The molecule has 2 aliphatic rings. The molecule has 0 aromatic heterocycles. The Morgan fingerprint density at radius 1 is 1.31 bits per heavy atom. The van der Waals surface area contributed by atoms with E-state index in [0.29, 0.717) is 12.3 Å². The summed E-state index contributed by atoms with van der Waals surface area (Å²) in [4.78, 5) is 24.7. The van der Waals surface area contributed by atoms with Crippen LogP contribution in [0.5, 0.6) is 0 Å². The maximum atomic E-state index is 11.9. The number of hydrogen-bond donors (Lipinski definition) is 1. The van der Waals surface area contributed by atoms with Crippen molar-refractivity contribution in [3.05, 3.63) is 0 Å². The van der Waals surface area contributed by atoms with E-state index in [-0.39, 0.29) is 6.04 Å². The number of primary amides is 1. The van der Waals surface area contributed by atoms with Gasteiger partial charge in [-0.3, -0.25) is 9.69 Å². The number of likely N-dealkylation sites (tertiary alicyclic amines) is 1. The summed E-state index contributed by atoms with van der Waals surface area (Å²) in [6.45, 7) is 5.43. The van der Waals surface area contributed by atoms with Gasteiger partial charge < -0.3 is 10.5 Å². The minimum absolute atomic E-state index is 0.173. The van der Waals surface area contributed by atoms with E-state index >= 15 is 0 Å². The number of fused-ring (bicyclic) bond motifs is 1. The summed E-state index contributed by atoms with van der Waals surface area (Å²) in [6, 6.07) is -0.300. The Labute approximate surface area is 94.9 Å². The van der Waals surface area contributed by atoms with Crippen LogP contribution in [0, 0.1) is 5.92 Å².